The molecule has 0 aliphatic rings. The minimum absolute atomic E-state index is 0.00212. The van der Waals surface area contributed by atoms with Crippen LogP contribution in [0.25, 0.3) is 17.1 Å². The van der Waals surface area contributed by atoms with Gasteiger partial charge in [-0.25, -0.2) is 22.8 Å². The zero-order valence-corrected chi connectivity index (χ0v) is 14.3. The van der Waals surface area contributed by atoms with Gasteiger partial charge in [0.05, 0.1) is 23.5 Å². The molecule has 0 amide bonds. The number of para-hydroxylation sites is 1. The van der Waals surface area contributed by atoms with Gasteiger partial charge in [0.1, 0.15) is 5.82 Å². The molecule has 0 aliphatic heterocycles. The second-order valence-electron chi connectivity index (χ2n) is 5.04. The van der Waals surface area contributed by atoms with E-state index in [0.717, 1.165) is 11.8 Å². The average Bonchev–Trinajstić information content (AvgIpc) is 2.98. The third-order valence-electron chi connectivity index (χ3n) is 3.19. The quantitative estimate of drug-likeness (QED) is 0.749. The molecule has 0 saturated carbocycles. The summed E-state index contributed by atoms with van der Waals surface area (Å²) in [6.45, 7) is 0.00212. The number of rotatable bonds is 5. The van der Waals surface area contributed by atoms with Crippen LogP contribution < -0.4 is 4.72 Å². The van der Waals surface area contributed by atoms with E-state index in [-0.39, 0.29) is 6.54 Å². The molecule has 2 aromatic heterocycles. The number of hydrogen-bond acceptors (Lipinski definition) is 5. The first-order chi connectivity index (χ1) is 11.4. The molecular weight excluding hydrogens is 350 g/mol. The fraction of sp³-hybridized carbons (Fsp3) is 0.133. The van der Waals surface area contributed by atoms with Gasteiger partial charge in [-0.3, -0.25) is 4.98 Å². The molecule has 0 spiro atoms. The Kier molecular flexibility index (Phi) is 4.61. The maximum atomic E-state index is 11.4. The Hall–Kier alpha value is -2.29. The summed E-state index contributed by atoms with van der Waals surface area (Å²) in [6, 6.07) is 10.7. The van der Waals surface area contributed by atoms with Crippen molar-refractivity contribution in [3.8, 4) is 17.1 Å². The van der Waals surface area contributed by atoms with Crippen molar-refractivity contribution in [3.05, 3.63) is 59.6 Å². The molecule has 0 atom stereocenters. The topological polar surface area (TPSA) is 89.8 Å². The minimum atomic E-state index is -3.36. The largest absolute Gasteiger partial charge is 0.265 e. The van der Waals surface area contributed by atoms with E-state index in [2.05, 4.69) is 19.8 Å². The SMILES string of the molecule is CS(=O)(=O)NCc1nc(-c2ccncc2)nn1-c1ccccc1Cl. The van der Waals surface area contributed by atoms with Crippen LogP contribution in [-0.4, -0.2) is 34.4 Å². The van der Waals surface area contributed by atoms with Crippen LogP contribution in [0.4, 0.5) is 0 Å². The number of nitrogens with zero attached hydrogens (tertiary/aromatic N) is 4. The van der Waals surface area contributed by atoms with Crippen LogP contribution in [0.5, 0.6) is 0 Å². The Bertz CT molecular complexity index is 957. The number of hydrogen-bond donors (Lipinski definition) is 1. The number of sulfonamides is 1. The molecule has 1 N–H and O–H groups in total. The predicted molar refractivity (Wildman–Crippen MR) is 91.3 cm³/mol. The number of nitrogens with one attached hydrogen (secondary N) is 1. The van der Waals surface area contributed by atoms with Crippen LogP contribution in [0.2, 0.25) is 5.02 Å². The van der Waals surface area contributed by atoms with Crippen LogP contribution in [0.15, 0.2) is 48.8 Å². The minimum Gasteiger partial charge on any atom is -0.265 e. The summed E-state index contributed by atoms with van der Waals surface area (Å²) in [5.74, 6) is 0.892. The molecule has 24 heavy (non-hydrogen) atoms. The van der Waals surface area contributed by atoms with Gasteiger partial charge in [-0.05, 0) is 24.3 Å². The van der Waals surface area contributed by atoms with Gasteiger partial charge in [-0.2, -0.15) is 0 Å². The van der Waals surface area contributed by atoms with Crippen molar-refractivity contribution in [2.45, 2.75) is 6.54 Å². The van der Waals surface area contributed by atoms with E-state index in [0.29, 0.717) is 22.4 Å². The summed E-state index contributed by atoms with van der Waals surface area (Å²) in [5, 5.41) is 4.96. The van der Waals surface area contributed by atoms with Crippen molar-refractivity contribution in [2.75, 3.05) is 6.26 Å². The molecule has 124 valence electrons. The third-order valence-corrected chi connectivity index (χ3v) is 4.17. The first-order valence-corrected chi connectivity index (χ1v) is 9.27. The molecule has 0 aliphatic carbocycles. The van der Waals surface area contributed by atoms with E-state index < -0.39 is 10.0 Å². The molecule has 0 radical (unpaired) electrons. The van der Waals surface area contributed by atoms with Gasteiger partial charge >= 0.3 is 0 Å². The third kappa shape index (κ3) is 3.78. The van der Waals surface area contributed by atoms with Gasteiger partial charge in [0.15, 0.2) is 5.82 Å². The van der Waals surface area contributed by atoms with Gasteiger partial charge in [-0.1, -0.05) is 23.7 Å². The first kappa shape index (κ1) is 16.6. The van der Waals surface area contributed by atoms with Crippen molar-refractivity contribution in [2.24, 2.45) is 0 Å². The van der Waals surface area contributed by atoms with Crippen molar-refractivity contribution < 1.29 is 8.42 Å². The monoisotopic (exact) mass is 363 g/mol. The Labute approximate surface area is 144 Å². The van der Waals surface area contributed by atoms with Crippen LogP contribution in [0, 0.1) is 0 Å². The van der Waals surface area contributed by atoms with Crippen LogP contribution in [-0.2, 0) is 16.6 Å². The maximum absolute atomic E-state index is 11.4. The van der Waals surface area contributed by atoms with Gasteiger partial charge in [-0.15, -0.1) is 5.10 Å². The lowest BCUT2D eigenvalue weighted by molar-refractivity contribution is 0.584. The highest BCUT2D eigenvalue weighted by molar-refractivity contribution is 7.88. The second kappa shape index (κ2) is 6.68. The van der Waals surface area contributed by atoms with E-state index in [4.69, 9.17) is 11.6 Å². The van der Waals surface area contributed by atoms with Gasteiger partial charge in [0.25, 0.3) is 0 Å². The normalized spacial score (nSPS) is 11.6. The van der Waals surface area contributed by atoms with Crippen LogP contribution in [0.3, 0.4) is 0 Å². The summed E-state index contributed by atoms with van der Waals surface area (Å²) < 4.78 is 26.8. The van der Waals surface area contributed by atoms with Crippen molar-refractivity contribution >= 4 is 21.6 Å². The molecule has 3 rings (SSSR count). The van der Waals surface area contributed by atoms with Crippen molar-refractivity contribution in [1.29, 1.82) is 0 Å². The fourth-order valence-corrected chi connectivity index (χ4v) is 2.70. The highest BCUT2D eigenvalue weighted by Gasteiger charge is 2.16. The Morgan fingerprint density at radius 2 is 1.88 bits per heavy atom. The van der Waals surface area contributed by atoms with E-state index >= 15 is 0 Å². The standard InChI is InChI=1S/C15H14ClN5O2S/c1-24(22,23)18-10-14-19-15(11-6-8-17-9-7-11)20-21(14)13-5-3-2-4-12(13)16/h2-9,18H,10H2,1H3. The van der Waals surface area contributed by atoms with Gasteiger partial charge in [0, 0.05) is 18.0 Å². The summed E-state index contributed by atoms with van der Waals surface area (Å²) in [7, 11) is -3.36. The molecule has 7 nitrogen and oxygen atoms in total. The summed E-state index contributed by atoms with van der Waals surface area (Å²) in [5.41, 5.74) is 1.40. The molecule has 3 aromatic rings. The summed E-state index contributed by atoms with van der Waals surface area (Å²) in [6.07, 6.45) is 4.37. The zero-order valence-electron chi connectivity index (χ0n) is 12.7. The number of halogens is 1. The lowest BCUT2D eigenvalue weighted by Gasteiger charge is -2.07. The lowest BCUT2D eigenvalue weighted by atomic mass is 10.2. The zero-order chi connectivity index (χ0) is 17.2. The van der Waals surface area contributed by atoms with Crippen molar-refractivity contribution in [1.82, 2.24) is 24.5 Å². The van der Waals surface area contributed by atoms with E-state index in [1.54, 1.807) is 42.7 Å². The maximum Gasteiger partial charge on any atom is 0.209 e. The Morgan fingerprint density at radius 1 is 1.17 bits per heavy atom. The van der Waals surface area contributed by atoms with E-state index in [1.165, 1.54) is 4.68 Å². The summed E-state index contributed by atoms with van der Waals surface area (Å²) >= 11 is 6.24. The summed E-state index contributed by atoms with van der Waals surface area (Å²) in [4.78, 5) is 8.41. The van der Waals surface area contributed by atoms with Crippen LogP contribution >= 0.6 is 11.6 Å². The van der Waals surface area contributed by atoms with Gasteiger partial charge < -0.3 is 0 Å². The molecule has 0 unspecified atom stereocenters. The lowest BCUT2D eigenvalue weighted by Crippen LogP contribution is -2.23. The average molecular weight is 364 g/mol. The number of aromatic nitrogens is 4. The molecule has 0 saturated heterocycles. The van der Waals surface area contributed by atoms with Crippen LogP contribution in [0.1, 0.15) is 5.82 Å². The van der Waals surface area contributed by atoms with Crippen molar-refractivity contribution in [3.63, 3.8) is 0 Å². The molecule has 2 heterocycles. The fourth-order valence-electron chi connectivity index (χ4n) is 2.09. The highest BCUT2D eigenvalue weighted by Crippen LogP contribution is 2.23. The number of benzene rings is 1. The van der Waals surface area contributed by atoms with E-state index in [9.17, 15) is 8.42 Å². The Balaban J connectivity index is 2.08. The molecular formula is C15H14ClN5O2S. The molecule has 0 fully saturated rings. The van der Waals surface area contributed by atoms with Gasteiger partial charge in [0.2, 0.25) is 10.0 Å². The smallest absolute Gasteiger partial charge is 0.209 e. The van der Waals surface area contributed by atoms with E-state index in [1.807, 2.05) is 6.07 Å². The predicted octanol–water partition coefficient (Wildman–Crippen LogP) is 2.03. The molecule has 1 aromatic carbocycles. The number of pyridine rings is 1. The highest BCUT2D eigenvalue weighted by atomic mass is 35.5. The second-order valence-corrected chi connectivity index (χ2v) is 7.28. The first-order valence-electron chi connectivity index (χ1n) is 7.00. The Morgan fingerprint density at radius 3 is 2.54 bits per heavy atom. The molecule has 0 bridgehead atoms. The molecule has 9 heteroatoms.